The lowest BCUT2D eigenvalue weighted by atomic mass is 10.1. The van der Waals surface area contributed by atoms with Crippen molar-refractivity contribution in [3.8, 4) is 11.5 Å². The van der Waals surface area contributed by atoms with Gasteiger partial charge in [0.25, 0.3) is 0 Å². The quantitative estimate of drug-likeness (QED) is 0.790. The third-order valence-electron chi connectivity index (χ3n) is 3.65. The van der Waals surface area contributed by atoms with E-state index in [2.05, 4.69) is 4.72 Å². The zero-order valence-corrected chi connectivity index (χ0v) is 14.9. The maximum absolute atomic E-state index is 12.5. The van der Waals surface area contributed by atoms with Crippen LogP contribution >= 0.6 is 0 Å². The lowest BCUT2D eigenvalue weighted by Crippen LogP contribution is -2.26. The molecule has 2 aromatic carbocycles. The molecule has 0 aliphatic carbocycles. The normalized spacial score (nSPS) is 12.0. The van der Waals surface area contributed by atoms with Crippen molar-refractivity contribution in [2.45, 2.75) is 17.5 Å². The van der Waals surface area contributed by atoms with E-state index in [-0.39, 0.29) is 11.4 Å². The molecule has 0 unspecified atom stereocenters. The minimum absolute atomic E-state index is 0.0822. The molecule has 5 nitrogen and oxygen atoms in total. The number of hydrogen-bond donors (Lipinski definition) is 1. The number of ether oxygens (including phenoxy) is 2. The molecule has 0 heterocycles. The monoisotopic (exact) mass is 389 g/mol. The summed E-state index contributed by atoms with van der Waals surface area (Å²) in [4.78, 5) is -0.224. The smallest absolute Gasteiger partial charge is 0.416 e. The molecule has 26 heavy (non-hydrogen) atoms. The van der Waals surface area contributed by atoms with Gasteiger partial charge in [-0.2, -0.15) is 13.2 Å². The van der Waals surface area contributed by atoms with E-state index < -0.39 is 21.8 Å². The van der Waals surface area contributed by atoms with E-state index in [1.807, 2.05) is 0 Å². The summed E-state index contributed by atoms with van der Waals surface area (Å²) >= 11 is 0. The van der Waals surface area contributed by atoms with Gasteiger partial charge < -0.3 is 9.47 Å². The van der Waals surface area contributed by atoms with Crippen molar-refractivity contribution >= 4 is 10.0 Å². The van der Waals surface area contributed by atoms with Crippen LogP contribution in [0.3, 0.4) is 0 Å². The van der Waals surface area contributed by atoms with Gasteiger partial charge in [-0.15, -0.1) is 0 Å². The molecular weight excluding hydrogens is 371 g/mol. The number of methoxy groups -OCH3 is 2. The fourth-order valence-electron chi connectivity index (χ4n) is 2.27. The Kier molecular flexibility index (Phi) is 6.14. The van der Waals surface area contributed by atoms with Crippen LogP contribution < -0.4 is 14.2 Å². The van der Waals surface area contributed by atoms with Crippen LogP contribution in [0.2, 0.25) is 0 Å². The van der Waals surface area contributed by atoms with Gasteiger partial charge in [-0.05, 0) is 48.4 Å². The zero-order chi connectivity index (χ0) is 19.4. The van der Waals surface area contributed by atoms with Gasteiger partial charge in [-0.3, -0.25) is 0 Å². The molecule has 0 aliphatic rings. The Bertz CT molecular complexity index is 849. The lowest BCUT2D eigenvalue weighted by Gasteiger charge is -2.11. The van der Waals surface area contributed by atoms with Gasteiger partial charge in [0.1, 0.15) is 0 Å². The molecule has 1 N–H and O–H groups in total. The van der Waals surface area contributed by atoms with E-state index in [0.29, 0.717) is 17.9 Å². The Labute approximate surface area is 149 Å². The second kappa shape index (κ2) is 7.96. The summed E-state index contributed by atoms with van der Waals surface area (Å²) in [5, 5.41) is 0. The van der Waals surface area contributed by atoms with Crippen LogP contribution in [0, 0.1) is 0 Å². The second-order valence-electron chi connectivity index (χ2n) is 5.36. The third kappa shape index (κ3) is 4.89. The number of sulfonamides is 1. The number of hydrogen-bond acceptors (Lipinski definition) is 4. The largest absolute Gasteiger partial charge is 0.493 e. The SMILES string of the molecule is COc1ccc(CCNS(=O)(=O)c2ccc(C(F)(F)F)cc2)cc1OC. The van der Waals surface area contributed by atoms with Crippen molar-refractivity contribution < 1.29 is 31.1 Å². The highest BCUT2D eigenvalue weighted by Crippen LogP contribution is 2.30. The van der Waals surface area contributed by atoms with Gasteiger partial charge in [-0.25, -0.2) is 13.1 Å². The first-order valence-electron chi connectivity index (χ1n) is 7.55. The molecule has 2 aromatic rings. The van der Waals surface area contributed by atoms with Crippen LogP contribution in [-0.2, 0) is 22.6 Å². The highest BCUT2D eigenvalue weighted by molar-refractivity contribution is 7.89. The van der Waals surface area contributed by atoms with E-state index in [1.54, 1.807) is 18.2 Å². The molecule has 0 saturated heterocycles. The Morgan fingerprint density at radius 1 is 0.962 bits per heavy atom. The molecule has 0 aliphatic heterocycles. The van der Waals surface area contributed by atoms with E-state index in [9.17, 15) is 21.6 Å². The van der Waals surface area contributed by atoms with Crippen molar-refractivity contribution in [3.63, 3.8) is 0 Å². The van der Waals surface area contributed by atoms with Gasteiger partial charge in [0.15, 0.2) is 11.5 Å². The Morgan fingerprint density at radius 2 is 1.58 bits per heavy atom. The molecule has 0 spiro atoms. The van der Waals surface area contributed by atoms with E-state index in [0.717, 1.165) is 29.8 Å². The number of halogens is 3. The van der Waals surface area contributed by atoms with Crippen LogP contribution in [-0.4, -0.2) is 29.2 Å². The van der Waals surface area contributed by atoms with Crippen molar-refractivity contribution in [2.75, 3.05) is 20.8 Å². The topological polar surface area (TPSA) is 64.6 Å². The van der Waals surface area contributed by atoms with Gasteiger partial charge in [-0.1, -0.05) is 6.07 Å². The highest BCUT2D eigenvalue weighted by Gasteiger charge is 2.30. The summed E-state index contributed by atoms with van der Waals surface area (Å²) in [6.45, 7) is 0.0822. The second-order valence-corrected chi connectivity index (χ2v) is 7.13. The average Bonchev–Trinajstić information content (AvgIpc) is 2.60. The molecule has 0 amide bonds. The van der Waals surface area contributed by atoms with E-state index in [1.165, 1.54) is 14.2 Å². The van der Waals surface area contributed by atoms with Crippen LogP contribution in [0.15, 0.2) is 47.4 Å². The minimum Gasteiger partial charge on any atom is -0.493 e. The molecule has 0 radical (unpaired) electrons. The molecule has 2 rings (SSSR count). The Hall–Kier alpha value is -2.26. The fraction of sp³-hybridized carbons (Fsp3) is 0.294. The highest BCUT2D eigenvalue weighted by atomic mass is 32.2. The van der Waals surface area contributed by atoms with Crippen molar-refractivity contribution in [2.24, 2.45) is 0 Å². The van der Waals surface area contributed by atoms with E-state index in [4.69, 9.17) is 9.47 Å². The number of nitrogens with one attached hydrogen (secondary N) is 1. The Balaban J connectivity index is 2.02. The molecule has 142 valence electrons. The summed E-state index contributed by atoms with van der Waals surface area (Å²) < 4.78 is 74.6. The fourth-order valence-corrected chi connectivity index (χ4v) is 3.30. The third-order valence-corrected chi connectivity index (χ3v) is 5.12. The van der Waals surface area contributed by atoms with Gasteiger partial charge in [0.05, 0.1) is 24.7 Å². The number of rotatable bonds is 7. The molecule has 9 heteroatoms. The van der Waals surface area contributed by atoms with Crippen LogP contribution in [0.1, 0.15) is 11.1 Å². The minimum atomic E-state index is -4.51. The van der Waals surface area contributed by atoms with Crippen LogP contribution in [0.4, 0.5) is 13.2 Å². The molecule has 0 bridgehead atoms. The number of alkyl halides is 3. The first-order chi connectivity index (χ1) is 12.2. The molecule has 0 atom stereocenters. The van der Waals surface area contributed by atoms with Gasteiger partial charge >= 0.3 is 6.18 Å². The molecule has 0 fully saturated rings. The molecular formula is C17H18F3NO4S. The van der Waals surface area contributed by atoms with Crippen LogP contribution in [0.5, 0.6) is 11.5 Å². The summed E-state index contributed by atoms with van der Waals surface area (Å²) in [7, 11) is -0.890. The first kappa shape index (κ1) is 20.1. The molecule has 0 saturated carbocycles. The van der Waals surface area contributed by atoms with Crippen molar-refractivity contribution in [1.82, 2.24) is 4.72 Å². The first-order valence-corrected chi connectivity index (χ1v) is 9.03. The van der Waals surface area contributed by atoms with Crippen molar-refractivity contribution in [1.29, 1.82) is 0 Å². The van der Waals surface area contributed by atoms with Crippen molar-refractivity contribution in [3.05, 3.63) is 53.6 Å². The summed E-state index contributed by atoms with van der Waals surface area (Å²) in [6.07, 6.45) is -4.14. The van der Waals surface area contributed by atoms with E-state index >= 15 is 0 Å². The van der Waals surface area contributed by atoms with Gasteiger partial charge in [0.2, 0.25) is 10.0 Å². The Morgan fingerprint density at radius 3 is 2.12 bits per heavy atom. The standard InChI is InChI=1S/C17H18F3NO4S/c1-24-15-8-3-12(11-16(15)25-2)9-10-21-26(22,23)14-6-4-13(5-7-14)17(18,19)20/h3-8,11,21H,9-10H2,1-2H3. The lowest BCUT2D eigenvalue weighted by molar-refractivity contribution is -0.137. The predicted octanol–water partition coefficient (Wildman–Crippen LogP) is 3.24. The van der Waals surface area contributed by atoms with Crippen LogP contribution in [0.25, 0.3) is 0 Å². The average molecular weight is 389 g/mol. The summed E-state index contributed by atoms with van der Waals surface area (Å²) in [5.41, 5.74) is -0.0838. The maximum atomic E-state index is 12.5. The van der Waals surface area contributed by atoms with Gasteiger partial charge in [0, 0.05) is 6.54 Å². The maximum Gasteiger partial charge on any atom is 0.416 e. The summed E-state index contributed by atoms with van der Waals surface area (Å²) in [5.74, 6) is 1.08. The predicted molar refractivity (Wildman–Crippen MR) is 89.9 cm³/mol. The number of benzene rings is 2. The summed E-state index contributed by atoms with van der Waals surface area (Å²) in [6, 6.07) is 8.55. The zero-order valence-electron chi connectivity index (χ0n) is 14.1. The molecule has 0 aromatic heterocycles.